The zero-order valence-electron chi connectivity index (χ0n) is 48.9. The number of aromatic nitrogens is 6. The highest BCUT2D eigenvalue weighted by Crippen LogP contribution is 2.49. The van der Waals surface area contributed by atoms with Gasteiger partial charge in [0.05, 0.1) is 67.3 Å². The van der Waals surface area contributed by atoms with Gasteiger partial charge in [-0.15, -0.1) is 0 Å². The molecule has 6 heterocycles. The maximum absolute atomic E-state index is 17.7. The van der Waals surface area contributed by atoms with Gasteiger partial charge in [0.15, 0.2) is 0 Å². The lowest BCUT2D eigenvalue weighted by molar-refractivity contribution is -0.137. The van der Waals surface area contributed by atoms with Crippen LogP contribution >= 0.6 is 0 Å². The summed E-state index contributed by atoms with van der Waals surface area (Å²) in [5, 5.41) is 2.77. The van der Waals surface area contributed by atoms with Crippen LogP contribution in [0.1, 0.15) is 5.56 Å². The van der Waals surface area contributed by atoms with E-state index in [1.54, 1.807) is 33.9 Å². The van der Waals surface area contributed by atoms with Crippen molar-refractivity contribution in [2.75, 3.05) is 0 Å². The third-order valence-corrected chi connectivity index (χ3v) is 17.3. The van der Waals surface area contributed by atoms with Crippen LogP contribution in [-0.4, -0.2) is 29.1 Å². The van der Waals surface area contributed by atoms with Crippen molar-refractivity contribution in [3.8, 4) is 112 Å². The number of benzene rings is 10. The van der Waals surface area contributed by atoms with Crippen molar-refractivity contribution in [2.24, 2.45) is 0 Å². The number of alkyl halides is 3. The van der Waals surface area contributed by atoms with Gasteiger partial charge in [-0.1, -0.05) is 176 Å². The van der Waals surface area contributed by atoms with Gasteiger partial charge in [0, 0.05) is 74.1 Å². The van der Waals surface area contributed by atoms with E-state index in [4.69, 9.17) is 19.9 Å². The monoisotopic (exact) mass is 1200 g/mol. The Kier molecular flexibility index (Phi) is 13.6. The number of rotatable bonds is 11. The lowest BCUT2D eigenvalue weighted by Gasteiger charge is -2.23. The van der Waals surface area contributed by atoms with Crippen LogP contribution in [0.25, 0.3) is 156 Å². The van der Waals surface area contributed by atoms with E-state index in [-0.39, 0.29) is 16.9 Å². The van der Waals surface area contributed by atoms with Gasteiger partial charge in [-0.05, 0) is 142 Å². The van der Waals surface area contributed by atoms with Gasteiger partial charge in [0.25, 0.3) is 0 Å². The number of fused-ring (bicyclic) bond motifs is 6. The van der Waals surface area contributed by atoms with Crippen LogP contribution in [0.3, 0.4) is 0 Å². The molecule has 0 saturated heterocycles. The summed E-state index contributed by atoms with van der Waals surface area (Å²) in [5.41, 5.74) is 12.6. The molecule has 0 bridgehead atoms. The molecule has 0 radical (unpaired) electrons. The molecule has 6 aromatic heterocycles. The van der Waals surface area contributed by atoms with Crippen molar-refractivity contribution in [1.29, 1.82) is 0 Å². The molecule has 0 fully saturated rings. The Labute approximate surface area is 525 Å². The van der Waals surface area contributed by atoms with E-state index >= 15 is 22.0 Å². The Morgan fingerprint density at radius 3 is 0.793 bits per heavy atom. The highest BCUT2D eigenvalue weighted by atomic mass is 19.4. The zero-order chi connectivity index (χ0) is 62.0. The molecule has 11 heteroatoms. The van der Waals surface area contributed by atoms with E-state index in [1.165, 1.54) is 6.07 Å². The van der Waals surface area contributed by atoms with E-state index in [2.05, 4.69) is 0 Å². The van der Waals surface area contributed by atoms with Crippen molar-refractivity contribution in [3.05, 3.63) is 315 Å². The molecule has 6 nitrogen and oxygen atoms in total. The van der Waals surface area contributed by atoms with Crippen LogP contribution in [0.15, 0.2) is 298 Å². The Morgan fingerprint density at radius 2 is 0.522 bits per heavy atom. The van der Waals surface area contributed by atoms with Gasteiger partial charge in [0.1, 0.15) is 11.6 Å². The molecule has 0 aliphatic rings. The summed E-state index contributed by atoms with van der Waals surface area (Å²) >= 11 is 0. The molecule has 438 valence electrons. The normalized spacial score (nSPS) is 11.8. The minimum atomic E-state index is -4.99. The van der Waals surface area contributed by atoms with Crippen molar-refractivity contribution in [3.63, 3.8) is 0 Å². The number of nitrogens with zero attached hydrogens (tertiary/aromatic N) is 6. The Morgan fingerprint density at radius 1 is 0.250 bits per heavy atom. The Balaban J connectivity index is 1.03. The summed E-state index contributed by atoms with van der Waals surface area (Å²) in [5.74, 6) is -1.94. The molecule has 0 unspecified atom stereocenters. The summed E-state index contributed by atoms with van der Waals surface area (Å²) in [6.07, 6.45) is 1.94. The second kappa shape index (κ2) is 22.6. The highest BCUT2D eigenvalue weighted by molar-refractivity contribution is 6.14. The van der Waals surface area contributed by atoms with Crippen LogP contribution in [-0.2, 0) is 6.18 Å². The van der Waals surface area contributed by atoms with E-state index in [1.807, 2.05) is 243 Å². The van der Waals surface area contributed by atoms with Crippen LogP contribution < -0.4 is 0 Å². The second-order valence-electron chi connectivity index (χ2n) is 22.8. The summed E-state index contributed by atoms with van der Waals surface area (Å²) in [7, 11) is 0. The first-order valence-electron chi connectivity index (χ1n) is 30.0. The van der Waals surface area contributed by atoms with E-state index in [9.17, 15) is 0 Å². The van der Waals surface area contributed by atoms with E-state index in [0.29, 0.717) is 43.6 Å². The third kappa shape index (κ3) is 9.93. The van der Waals surface area contributed by atoms with Gasteiger partial charge in [0.2, 0.25) is 0 Å². The van der Waals surface area contributed by atoms with Crippen LogP contribution in [0.2, 0.25) is 0 Å². The minimum Gasteiger partial charge on any atom is -0.308 e. The van der Waals surface area contributed by atoms with Crippen LogP contribution in [0.5, 0.6) is 0 Å². The molecule has 0 N–H and O–H groups in total. The summed E-state index contributed by atoms with van der Waals surface area (Å²) < 4.78 is 88.9. The average Bonchev–Trinajstić information content (AvgIpc) is 1.26. The number of hydrogen-bond acceptors (Lipinski definition) is 4. The smallest absolute Gasteiger partial charge is 0.308 e. The molecule has 0 spiro atoms. The fourth-order valence-electron chi connectivity index (χ4n) is 12.9. The third-order valence-electron chi connectivity index (χ3n) is 17.3. The molecule has 0 aliphatic heterocycles. The summed E-state index contributed by atoms with van der Waals surface area (Å²) in [6.45, 7) is 0. The molecule has 92 heavy (non-hydrogen) atoms. The maximum Gasteiger partial charge on any atom is 0.416 e. The lowest BCUT2D eigenvalue weighted by atomic mass is 9.96. The first kappa shape index (κ1) is 55.4. The van der Waals surface area contributed by atoms with Crippen molar-refractivity contribution in [1.82, 2.24) is 29.1 Å². The average molecular weight is 1200 g/mol. The molecule has 10 aromatic carbocycles. The topological polar surface area (TPSA) is 61.4 Å². The fourth-order valence-corrected chi connectivity index (χ4v) is 12.9. The Hall–Kier alpha value is -12.0. The summed E-state index contributed by atoms with van der Waals surface area (Å²) in [6, 6.07) is 83.8. The van der Waals surface area contributed by atoms with Crippen LogP contribution in [0, 0.1) is 11.6 Å². The van der Waals surface area contributed by atoms with Gasteiger partial charge in [-0.2, -0.15) is 13.2 Å². The predicted octanol–water partition coefficient (Wildman–Crippen LogP) is 21.8. The molecule has 0 atom stereocenters. The first-order valence-corrected chi connectivity index (χ1v) is 30.0. The van der Waals surface area contributed by atoms with Crippen molar-refractivity contribution < 1.29 is 22.0 Å². The molecular formula is C81H49F5N6. The molecule has 16 aromatic rings. The largest absolute Gasteiger partial charge is 0.416 e. The molecule has 16 rings (SSSR count). The number of pyridine rings is 4. The SMILES string of the molecule is Fc1cccc(F)c1-c1c(-n2c3cc(-c4ccnc(-c5ccccc5)c4)ccc3c3ccc(-c4ccnc(-c5ccccc5)c4)cc32)cc(C(F)(F)F)cc1-n1c2cc(-c3ccnc(-c4ccccc4)c3)ccc2c2ccc(-c3ccnc(-c4ccccc4)c3)cc21. The Bertz CT molecular complexity index is 4920. The fraction of sp³-hybridized carbons (Fsp3) is 0.0123. The van der Waals surface area contributed by atoms with Gasteiger partial charge in [-0.3, -0.25) is 19.9 Å². The first-order chi connectivity index (χ1) is 45.1. The molecule has 0 amide bonds. The zero-order valence-corrected chi connectivity index (χ0v) is 48.9. The quantitative estimate of drug-likeness (QED) is 0.121. The van der Waals surface area contributed by atoms with Gasteiger partial charge < -0.3 is 9.13 Å². The second-order valence-corrected chi connectivity index (χ2v) is 22.8. The predicted molar refractivity (Wildman–Crippen MR) is 360 cm³/mol. The van der Waals surface area contributed by atoms with Crippen molar-refractivity contribution >= 4 is 43.6 Å². The van der Waals surface area contributed by atoms with Gasteiger partial charge >= 0.3 is 6.18 Å². The molecule has 0 saturated carbocycles. The van der Waals surface area contributed by atoms with E-state index < -0.39 is 28.9 Å². The minimum absolute atomic E-state index is 0.113. The standard InChI is InChI=1S/C81H49F5N6/c82-67-22-13-23-68(83)79(67)80-77(91-73-44-54(58-32-36-87-69(40-58)50-14-5-1-6-15-50)24-28-63(73)64-29-25-55(45-74(64)91)59-33-37-88-70(41-59)51-16-7-2-8-17-51)48-62(81(84,85)86)49-78(80)92-75-46-56(60-34-38-89-71(42-60)52-18-9-3-10-19-52)26-30-65(75)66-31-27-57(47-76(66)92)61-35-39-90-72(43-61)53-20-11-4-12-21-53/h1-49H. The van der Waals surface area contributed by atoms with E-state index in [0.717, 1.165) is 114 Å². The molecular weight excluding hydrogens is 1150 g/mol. The number of hydrogen-bond donors (Lipinski definition) is 0. The molecule has 0 aliphatic carbocycles. The number of halogens is 5. The van der Waals surface area contributed by atoms with Crippen LogP contribution in [0.4, 0.5) is 22.0 Å². The van der Waals surface area contributed by atoms with Gasteiger partial charge in [-0.25, -0.2) is 8.78 Å². The van der Waals surface area contributed by atoms with Crippen molar-refractivity contribution in [2.45, 2.75) is 6.18 Å². The maximum atomic E-state index is 17.7. The highest BCUT2D eigenvalue weighted by Gasteiger charge is 2.36. The summed E-state index contributed by atoms with van der Waals surface area (Å²) in [4.78, 5) is 18.9. The lowest BCUT2D eigenvalue weighted by Crippen LogP contribution is -2.12.